The third-order valence-electron chi connectivity index (χ3n) is 3.35. The zero-order valence-electron chi connectivity index (χ0n) is 9.98. The van der Waals surface area contributed by atoms with Gasteiger partial charge in [-0.25, -0.2) is 4.98 Å². The maximum Gasteiger partial charge on any atom is 0.138 e. The van der Waals surface area contributed by atoms with Crippen LogP contribution in [0, 0.1) is 0 Å². The molecule has 1 aliphatic rings. The molecule has 0 fully saturated rings. The van der Waals surface area contributed by atoms with Crippen LogP contribution in [0.1, 0.15) is 23.4 Å². The van der Waals surface area contributed by atoms with Gasteiger partial charge in [0, 0.05) is 25.7 Å². The van der Waals surface area contributed by atoms with Crippen LogP contribution in [0.5, 0.6) is 0 Å². The summed E-state index contributed by atoms with van der Waals surface area (Å²) < 4.78 is 1.84. The molecule has 0 amide bonds. The van der Waals surface area contributed by atoms with Crippen molar-refractivity contribution in [3.8, 4) is 0 Å². The van der Waals surface area contributed by atoms with Crippen LogP contribution in [0.2, 0.25) is 0 Å². The average molecular weight is 228 g/mol. The van der Waals surface area contributed by atoms with Crippen LogP contribution in [0.3, 0.4) is 0 Å². The van der Waals surface area contributed by atoms with Crippen molar-refractivity contribution < 1.29 is 0 Å². The minimum atomic E-state index is 0.862. The number of fused-ring (bicyclic) bond motifs is 1. The van der Waals surface area contributed by atoms with Gasteiger partial charge in [0.25, 0.3) is 0 Å². The van der Waals surface area contributed by atoms with Gasteiger partial charge in [0.2, 0.25) is 0 Å². The molecule has 0 radical (unpaired) electrons. The fourth-order valence-electron chi connectivity index (χ4n) is 2.40. The number of rotatable bonds is 2. The quantitative estimate of drug-likeness (QED) is 0.851. The molecule has 3 rings (SSSR count). The maximum absolute atomic E-state index is 4.29. The molecular formula is C13H16N4. The van der Waals surface area contributed by atoms with Crippen molar-refractivity contribution in [2.75, 3.05) is 11.9 Å². The van der Waals surface area contributed by atoms with Crippen molar-refractivity contribution >= 4 is 5.69 Å². The summed E-state index contributed by atoms with van der Waals surface area (Å²) in [6.45, 7) is 1.08. The molecular weight excluding hydrogens is 212 g/mol. The lowest BCUT2D eigenvalue weighted by Crippen LogP contribution is -2.14. The first-order chi connectivity index (χ1) is 8.34. The zero-order valence-corrected chi connectivity index (χ0v) is 9.98. The minimum absolute atomic E-state index is 0.862. The van der Waals surface area contributed by atoms with Crippen molar-refractivity contribution in [2.45, 2.75) is 19.3 Å². The number of hydrogen-bond donors (Lipinski definition) is 1. The molecule has 0 bridgehead atoms. The Morgan fingerprint density at radius 1 is 1.41 bits per heavy atom. The third-order valence-corrected chi connectivity index (χ3v) is 3.35. The number of hydrogen-bond acceptors (Lipinski definition) is 3. The summed E-state index contributed by atoms with van der Waals surface area (Å²) in [6, 6.07) is 6.47. The van der Waals surface area contributed by atoms with Gasteiger partial charge in [-0.05, 0) is 30.0 Å². The van der Waals surface area contributed by atoms with Gasteiger partial charge in [-0.2, -0.15) is 5.10 Å². The van der Waals surface area contributed by atoms with E-state index in [4.69, 9.17) is 0 Å². The molecule has 1 aromatic heterocycles. The maximum atomic E-state index is 4.29. The Balaban J connectivity index is 1.95. The second-order valence-electron chi connectivity index (χ2n) is 4.45. The van der Waals surface area contributed by atoms with E-state index in [9.17, 15) is 0 Å². The van der Waals surface area contributed by atoms with Gasteiger partial charge in [-0.3, -0.25) is 4.68 Å². The summed E-state index contributed by atoms with van der Waals surface area (Å²) in [5.74, 6) is 1.02. The van der Waals surface area contributed by atoms with E-state index >= 15 is 0 Å². The van der Waals surface area contributed by atoms with Crippen LogP contribution in [0.15, 0.2) is 24.5 Å². The van der Waals surface area contributed by atoms with E-state index in [1.807, 2.05) is 11.7 Å². The van der Waals surface area contributed by atoms with E-state index in [-0.39, 0.29) is 0 Å². The molecule has 0 unspecified atom stereocenters. The van der Waals surface area contributed by atoms with E-state index in [2.05, 4.69) is 33.6 Å². The van der Waals surface area contributed by atoms with Crippen LogP contribution in [-0.4, -0.2) is 21.3 Å². The van der Waals surface area contributed by atoms with Gasteiger partial charge in [0.15, 0.2) is 0 Å². The van der Waals surface area contributed by atoms with E-state index in [0.29, 0.717) is 0 Å². The largest absolute Gasteiger partial charge is 0.385 e. The summed E-state index contributed by atoms with van der Waals surface area (Å²) in [5.41, 5.74) is 4.10. The molecule has 1 N–H and O–H groups in total. The summed E-state index contributed by atoms with van der Waals surface area (Å²) in [5, 5.41) is 7.57. The zero-order chi connectivity index (χ0) is 11.7. The van der Waals surface area contributed by atoms with Crippen LogP contribution in [0.25, 0.3) is 0 Å². The highest BCUT2D eigenvalue weighted by atomic mass is 15.3. The standard InChI is InChI=1S/C13H16N4/c1-17-13(15-9-16-17)8-10-4-2-6-12-11(10)5-3-7-14-12/h2,4,6,9,14H,3,5,7-8H2,1H3. The summed E-state index contributed by atoms with van der Waals surface area (Å²) >= 11 is 0. The van der Waals surface area contributed by atoms with Crippen molar-refractivity contribution in [3.05, 3.63) is 41.5 Å². The Morgan fingerprint density at radius 3 is 3.18 bits per heavy atom. The average Bonchev–Trinajstić information content (AvgIpc) is 2.76. The minimum Gasteiger partial charge on any atom is -0.385 e. The molecule has 4 heteroatoms. The van der Waals surface area contributed by atoms with Crippen molar-refractivity contribution in [1.82, 2.24) is 14.8 Å². The highest BCUT2D eigenvalue weighted by Gasteiger charge is 2.13. The van der Waals surface area contributed by atoms with Gasteiger partial charge < -0.3 is 5.32 Å². The Morgan fingerprint density at radius 2 is 2.35 bits per heavy atom. The fourth-order valence-corrected chi connectivity index (χ4v) is 2.40. The van der Waals surface area contributed by atoms with E-state index in [0.717, 1.165) is 25.2 Å². The van der Waals surface area contributed by atoms with Crippen molar-refractivity contribution in [1.29, 1.82) is 0 Å². The number of aryl methyl sites for hydroxylation is 1. The molecule has 1 aromatic carbocycles. The summed E-state index contributed by atoms with van der Waals surface area (Å²) in [6.07, 6.45) is 4.85. The van der Waals surface area contributed by atoms with Gasteiger partial charge >= 0.3 is 0 Å². The molecule has 0 atom stereocenters. The molecule has 88 valence electrons. The summed E-state index contributed by atoms with van der Waals surface area (Å²) in [4.78, 5) is 4.29. The Kier molecular flexibility index (Phi) is 2.55. The third kappa shape index (κ3) is 1.90. The number of aromatic nitrogens is 3. The van der Waals surface area contributed by atoms with E-state index in [1.54, 1.807) is 6.33 Å². The molecule has 0 saturated heterocycles. The lowest BCUT2D eigenvalue weighted by molar-refractivity contribution is 0.712. The number of anilines is 1. The molecule has 17 heavy (non-hydrogen) atoms. The monoisotopic (exact) mass is 228 g/mol. The van der Waals surface area contributed by atoms with Crippen LogP contribution < -0.4 is 5.32 Å². The number of benzene rings is 1. The van der Waals surface area contributed by atoms with Crippen molar-refractivity contribution in [3.63, 3.8) is 0 Å². The lowest BCUT2D eigenvalue weighted by atomic mass is 9.95. The highest BCUT2D eigenvalue weighted by Crippen LogP contribution is 2.26. The first-order valence-electron chi connectivity index (χ1n) is 6.02. The first-order valence-corrected chi connectivity index (χ1v) is 6.02. The highest BCUT2D eigenvalue weighted by molar-refractivity contribution is 5.56. The fraction of sp³-hybridized carbons (Fsp3) is 0.385. The Labute approximate surface area is 101 Å². The normalized spacial score (nSPS) is 14.2. The van der Waals surface area contributed by atoms with Crippen LogP contribution in [-0.2, 0) is 19.9 Å². The Hall–Kier alpha value is -1.84. The SMILES string of the molecule is Cn1ncnc1Cc1cccc2c1CCCN2. The van der Waals surface area contributed by atoms with Crippen LogP contribution in [0.4, 0.5) is 5.69 Å². The van der Waals surface area contributed by atoms with Gasteiger partial charge in [-0.15, -0.1) is 0 Å². The molecule has 0 spiro atoms. The molecule has 4 nitrogen and oxygen atoms in total. The van der Waals surface area contributed by atoms with Gasteiger partial charge in [-0.1, -0.05) is 12.1 Å². The predicted molar refractivity (Wildman–Crippen MR) is 67.1 cm³/mol. The molecule has 0 saturated carbocycles. The van der Waals surface area contributed by atoms with Crippen molar-refractivity contribution in [2.24, 2.45) is 7.05 Å². The van der Waals surface area contributed by atoms with Gasteiger partial charge in [0.1, 0.15) is 12.2 Å². The molecule has 2 aromatic rings. The smallest absolute Gasteiger partial charge is 0.138 e. The topological polar surface area (TPSA) is 42.7 Å². The van der Waals surface area contributed by atoms with E-state index < -0.39 is 0 Å². The Bertz CT molecular complexity index is 530. The molecule has 1 aliphatic heterocycles. The summed E-state index contributed by atoms with van der Waals surface area (Å²) in [7, 11) is 1.94. The first kappa shape index (κ1) is 10.3. The molecule has 0 aliphatic carbocycles. The lowest BCUT2D eigenvalue weighted by Gasteiger charge is -2.20. The van der Waals surface area contributed by atoms with E-state index in [1.165, 1.54) is 23.2 Å². The second-order valence-corrected chi connectivity index (χ2v) is 4.45. The van der Waals surface area contributed by atoms with Gasteiger partial charge in [0.05, 0.1) is 0 Å². The van der Waals surface area contributed by atoms with Crippen LogP contribution >= 0.6 is 0 Å². The predicted octanol–water partition coefficient (Wildman–Crippen LogP) is 1.76. The number of nitrogens with zero attached hydrogens (tertiary/aromatic N) is 3. The number of nitrogens with one attached hydrogen (secondary N) is 1. The second kappa shape index (κ2) is 4.20. The molecule has 2 heterocycles.